The quantitative estimate of drug-likeness (QED) is 0.700. The van der Waals surface area contributed by atoms with E-state index in [1.54, 1.807) is 6.92 Å². The Labute approximate surface area is 166 Å². The van der Waals surface area contributed by atoms with E-state index in [2.05, 4.69) is 17.0 Å². The van der Waals surface area contributed by atoms with Gasteiger partial charge in [0.25, 0.3) is 0 Å². The topological polar surface area (TPSA) is 48.0 Å². The van der Waals surface area contributed by atoms with Gasteiger partial charge in [-0.15, -0.1) is 0 Å². The highest BCUT2D eigenvalue weighted by atomic mass is 16.5. The normalized spacial score (nSPS) is 19.2. The fraction of sp³-hybridized carbons (Fsp3) is 0.435. The van der Waals surface area contributed by atoms with Crippen molar-refractivity contribution in [2.45, 2.75) is 32.2 Å². The molecule has 2 aromatic carbocycles. The molecule has 2 aliphatic rings. The summed E-state index contributed by atoms with van der Waals surface area (Å²) in [5.41, 5.74) is 1.91. The average Bonchev–Trinajstić information content (AvgIpc) is 3.04. The molecule has 0 aliphatic carbocycles. The summed E-state index contributed by atoms with van der Waals surface area (Å²) < 4.78 is 17.6. The largest absolute Gasteiger partial charge is 0.491 e. The monoisotopic (exact) mass is 381 g/mol. The molecule has 0 spiro atoms. The predicted molar refractivity (Wildman–Crippen MR) is 108 cm³/mol. The minimum atomic E-state index is 0.0295. The van der Waals surface area contributed by atoms with E-state index in [1.165, 1.54) is 12.0 Å². The molecule has 0 N–H and O–H groups in total. The second-order valence-electron chi connectivity index (χ2n) is 7.35. The average molecular weight is 381 g/mol. The van der Waals surface area contributed by atoms with E-state index in [-0.39, 0.29) is 5.78 Å². The molecular formula is C23H27NO4. The van der Waals surface area contributed by atoms with Gasteiger partial charge in [-0.05, 0) is 56.1 Å². The van der Waals surface area contributed by atoms with Crippen LogP contribution in [0.15, 0.2) is 42.5 Å². The minimum absolute atomic E-state index is 0.0295. The first-order chi connectivity index (χ1) is 13.7. The van der Waals surface area contributed by atoms with Gasteiger partial charge in [-0.25, -0.2) is 0 Å². The number of benzene rings is 2. The zero-order valence-electron chi connectivity index (χ0n) is 16.4. The molecule has 0 amide bonds. The lowest BCUT2D eigenvalue weighted by Crippen LogP contribution is -2.28. The second-order valence-corrected chi connectivity index (χ2v) is 7.35. The number of nitrogens with zero attached hydrogens (tertiary/aromatic N) is 1. The van der Waals surface area contributed by atoms with E-state index in [4.69, 9.17) is 14.2 Å². The summed E-state index contributed by atoms with van der Waals surface area (Å²) in [6.45, 7) is 5.42. The van der Waals surface area contributed by atoms with Crippen LogP contribution in [0.1, 0.15) is 48.1 Å². The number of likely N-dealkylation sites (tertiary alicyclic amines) is 1. The van der Waals surface area contributed by atoms with Crippen molar-refractivity contribution in [3.8, 4) is 17.2 Å². The van der Waals surface area contributed by atoms with Crippen molar-refractivity contribution in [3.05, 3.63) is 53.6 Å². The van der Waals surface area contributed by atoms with Gasteiger partial charge in [0.05, 0.1) is 18.8 Å². The van der Waals surface area contributed by atoms with Gasteiger partial charge in [0, 0.05) is 19.0 Å². The van der Waals surface area contributed by atoms with E-state index < -0.39 is 0 Å². The van der Waals surface area contributed by atoms with Crippen LogP contribution in [0, 0.1) is 0 Å². The Hall–Kier alpha value is -2.53. The highest BCUT2D eigenvalue weighted by molar-refractivity contribution is 5.96. The molecule has 1 saturated heterocycles. The van der Waals surface area contributed by atoms with Crippen LogP contribution < -0.4 is 14.2 Å². The third-order valence-electron chi connectivity index (χ3n) is 5.42. The van der Waals surface area contributed by atoms with Crippen LogP contribution in [0.5, 0.6) is 17.2 Å². The first kappa shape index (κ1) is 18.8. The minimum Gasteiger partial charge on any atom is -0.491 e. The molecule has 5 heteroatoms. The third-order valence-corrected chi connectivity index (χ3v) is 5.42. The predicted octanol–water partition coefficient (Wildman–Crippen LogP) is 4.27. The molecule has 4 rings (SSSR count). The molecule has 2 aromatic rings. The fourth-order valence-corrected chi connectivity index (χ4v) is 4.01. The van der Waals surface area contributed by atoms with Crippen LogP contribution in [-0.4, -0.2) is 43.6 Å². The van der Waals surface area contributed by atoms with Crippen LogP contribution >= 0.6 is 0 Å². The number of carbonyl (C=O) groups excluding carboxylic acids is 1. The Morgan fingerprint density at radius 3 is 2.79 bits per heavy atom. The van der Waals surface area contributed by atoms with E-state index in [1.807, 2.05) is 30.3 Å². The zero-order chi connectivity index (χ0) is 19.3. The van der Waals surface area contributed by atoms with Crippen LogP contribution in [0.4, 0.5) is 0 Å². The van der Waals surface area contributed by atoms with Gasteiger partial charge < -0.3 is 14.2 Å². The standard InChI is InChI=1S/C23H27NO4/c1-17(25)19-6-2-3-8-21(19)28-15-12-24-11-4-7-20(24)18-9-10-22-23(16-18)27-14-5-13-26-22/h2-3,6,8-10,16,20H,4-5,7,11-15H2,1H3/t20-/m0/s1. The van der Waals surface area contributed by atoms with E-state index in [0.717, 1.165) is 37.4 Å². The van der Waals surface area contributed by atoms with Crippen molar-refractivity contribution < 1.29 is 19.0 Å². The number of rotatable bonds is 6. The molecule has 0 saturated carbocycles. The Kier molecular flexibility index (Phi) is 5.81. The second kappa shape index (κ2) is 8.65. The van der Waals surface area contributed by atoms with Gasteiger partial charge in [-0.2, -0.15) is 0 Å². The zero-order valence-corrected chi connectivity index (χ0v) is 16.4. The lowest BCUT2D eigenvalue weighted by atomic mass is 10.0. The number of carbonyl (C=O) groups is 1. The number of Topliss-reactive ketones (excluding diaryl/α,β-unsaturated/α-hetero) is 1. The Balaban J connectivity index is 1.41. The van der Waals surface area contributed by atoms with Crippen molar-refractivity contribution >= 4 is 5.78 Å². The third kappa shape index (κ3) is 4.14. The molecule has 1 fully saturated rings. The van der Waals surface area contributed by atoms with Gasteiger partial charge >= 0.3 is 0 Å². The van der Waals surface area contributed by atoms with Gasteiger partial charge in [0.2, 0.25) is 0 Å². The van der Waals surface area contributed by atoms with Crippen LogP contribution in [0.25, 0.3) is 0 Å². The molecule has 5 nitrogen and oxygen atoms in total. The van der Waals surface area contributed by atoms with Gasteiger partial charge in [0.15, 0.2) is 17.3 Å². The van der Waals surface area contributed by atoms with Crippen molar-refractivity contribution in [1.82, 2.24) is 4.90 Å². The smallest absolute Gasteiger partial charge is 0.163 e. The van der Waals surface area contributed by atoms with Gasteiger partial charge in [0.1, 0.15) is 12.4 Å². The summed E-state index contributed by atoms with van der Waals surface area (Å²) >= 11 is 0. The maximum Gasteiger partial charge on any atom is 0.163 e. The number of ether oxygens (including phenoxy) is 3. The van der Waals surface area contributed by atoms with E-state index in [9.17, 15) is 4.79 Å². The number of ketones is 1. The molecule has 0 aromatic heterocycles. The molecule has 28 heavy (non-hydrogen) atoms. The lowest BCUT2D eigenvalue weighted by molar-refractivity contribution is 0.101. The number of hydrogen-bond acceptors (Lipinski definition) is 5. The number of hydrogen-bond donors (Lipinski definition) is 0. The summed E-state index contributed by atoms with van der Waals surface area (Å²) in [5, 5.41) is 0. The highest BCUT2D eigenvalue weighted by Gasteiger charge is 2.27. The number of fused-ring (bicyclic) bond motifs is 1. The Morgan fingerprint density at radius 1 is 1.11 bits per heavy atom. The van der Waals surface area contributed by atoms with Gasteiger partial charge in [-0.3, -0.25) is 9.69 Å². The van der Waals surface area contributed by atoms with Crippen molar-refractivity contribution in [2.24, 2.45) is 0 Å². The van der Waals surface area contributed by atoms with Crippen molar-refractivity contribution in [3.63, 3.8) is 0 Å². The SMILES string of the molecule is CC(=O)c1ccccc1OCCN1CCC[C@H]1c1ccc2c(c1)OCCCO2. The summed E-state index contributed by atoms with van der Waals surface area (Å²) in [4.78, 5) is 14.2. The fourth-order valence-electron chi connectivity index (χ4n) is 4.01. The van der Waals surface area contributed by atoms with Crippen molar-refractivity contribution in [2.75, 3.05) is 32.9 Å². The molecular weight excluding hydrogens is 354 g/mol. The highest BCUT2D eigenvalue weighted by Crippen LogP contribution is 2.37. The van der Waals surface area contributed by atoms with E-state index >= 15 is 0 Å². The Morgan fingerprint density at radius 2 is 1.93 bits per heavy atom. The van der Waals surface area contributed by atoms with Crippen LogP contribution in [0.2, 0.25) is 0 Å². The molecule has 0 radical (unpaired) electrons. The first-order valence-electron chi connectivity index (χ1n) is 10.1. The summed E-state index contributed by atoms with van der Waals surface area (Å²) in [6, 6.07) is 14.1. The molecule has 0 bridgehead atoms. The van der Waals surface area contributed by atoms with Gasteiger partial charge in [-0.1, -0.05) is 18.2 Å². The maximum atomic E-state index is 11.8. The lowest BCUT2D eigenvalue weighted by Gasteiger charge is -2.25. The van der Waals surface area contributed by atoms with Crippen LogP contribution in [0.3, 0.4) is 0 Å². The van der Waals surface area contributed by atoms with Crippen molar-refractivity contribution in [1.29, 1.82) is 0 Å². The number of para-hydroxylation sites is 1. The first-order valence-corrected chi connectivity index (χ1v) is 10.1. The summed E-state index contributed by atoms with van der Waals surface area (Å²) in [7, 11) is 0. The Bertz CT molecular complexity index is 835. The molecule has 2 aliphatic heterocycles. The molecule has 1 atom stereocenters. The maximum absolute atomic E-state index is 11.8. The molecule has 148 valence electrons. The van der Waals surface area contributed by atoms with E-state index in [0.29, 0.717) is 37.2 Å². The van der Waals surface area contributed by atoms with Crippen LogP contribution in [-0.2, 0) is 0 Å². The summed E-state index contributed by atoms with van der Waals surface area (Å²) in [6.07, 6.45) is 3.21. The molecule has 0 unspecified atom stereocenters. The summed E-state index contributed by atoms with van der Waals surface area (Å²) in [5.74, 6) is 2.40. The molecule has 2 heterocycles.